The number of hydrogen-bond donors (Lipinski definition) is 1. The third-order valence-electron chi connectivity index (χ3n) is 4.80. The van der Waals surface area contributed by atoms with Crippen LogP contribution in [0, 0.1) is 5.92 Å². The molecule has 138 valence electrons. The predicted molar refractivity (Wildman–Crippen MR) is 95.8 cm³/mol. The van der Waals surface area contributed by atoms with Crippen molar-refractivity contribution >= 4 is 21.8 Å². The maximum atomic E-state index is 12.3. The molecular formula is C17H25N3O4S. The van der Waals surface area contributed by atoms with Crippen molar-refractivity contribution in [3.63, 3.8) is 0 Å². The number of nitrogens with one attached hydrogen (secondary N) is 1. The van der Waals surface area contributed by atoms with Crippen LogP contribution in [0.1, 0.15) is 25.7 Å². The van der Waals surface area contributed by atoms with Gasteiger partial charge in [0.2, 0.25) is 5.91 Å². The topological polar surface area (TPSA) is 79.0 Å². The molecule has 7 nitrogen and oxygen atoms in total. The van der Waals surface area contributed by atoms with Crippen LogP contribution in [0.25, 0.3) is 0 Å². The van der Waals surface area contributed by atoms with Gasteiger partial charge in [0, 0.05) is 38.3 Å². The number of methoxy groups -OCH3 is 1. The van der Waals surface area contributed by atoms with Crippen LogP contribution in [0.15, 0.2) is 24.3 Å². The van der Waals surface area contributed by atoms with E-state index in [9.17, 15) is 13.2 Å². The lowest BCUT2D eigenvalue weighted by Gasteiger charge is -2.26. The Labute approximate surface area is 149 Å². The maximum absolute atomic E-state index is 12.3. The van der Waals surface area contributed by atoms with Crippen molar-refractivity contribution in [2.45, 2.75) is 25.7 Å². The molecule has 3 rings (SSSR count). The number of rotatable bonds is 6. The Bertz CT molecular complexity index is 699. The Hall–Kier alpha value is -1.64. The van der Waals surface area contributed by atoms with Crippen LogP contribution >= 0.6 is 0 Å². The van der Waals surface area contributed by atoms with Gasteiger partial charge in [-0.1, -0.05) is 6.42 Å². The summed E-state index contributed by atoms with van der Waals surface area (Å²) in [6, 6.07) is 7.32. The van der Waals surface area contributed by atoms with Gasteiger partial charge in [-0.15, -0.1) is 0 Å². The minimum atomic E-state index is -3.44. The Balaban J connectivity index is 1.57. The number of carbonyl (C=O) groups is 1. The second-order valence-corrected chi connectivity index (χ2v) is 8.34. The van der Waals surface area contributed by atoms with E-state index in [1.807, 2.05) is 24.3 Å². The number of piperidine rings is 1. The molecule has 2 fully saturated rings. The summed E-state index contributed by atoms with van der Waals surface area (Å²) in [6.45, 7) is 1.97. The van der Waals surface area contributed by atoms with Crippen molar-refractivity contribution in [3.8, 4) is 5.75 Å². The van der Waals surface area contributed by atoms with E-state index in [-0.39, 0.29) is 18.4 Å². The first-order valence-electron chi connectivity index (χ1n) is 8.69. The average molecular weight is 367 g/mol. The number of nitrogens with zero attached hydrogens (tertiary/aromatic N) is 2. The fourth-order valence-corrected chi connectivity index (χ4v) is 4.72. The van der Waals surface area contributed by atoms with E-state index < -0.39 is 10.2 Å². The number of hydrogen-bond acceptors (Lipinski definition) is 4. The van der Waals surface area contributed by atoms with Crippen molar-refractivity contribution in [1.82, 2.24) is 9.03 Å². The van der Waals surface area contributed by atoms with E-state index in [2.05, 4.69) is 4.72 Å². The maximum Gasteiger partial charge on any atom is 0.279 e. The summed E-state index contributed by atoms with van der Waals surface area (Å²) in [6.07, 6.45) is 3.26. The Morgan fingerprint density at radius 1 is 1.16 bits per heavy atom. The van der Waals surface area contributed by atoms with Gasteiger partial charge in [-0.25, -0.2) is 4.72 Å². The molecule has 1 aromatic carbocycles. The zero-order valence-electron chi connectivity index (χ0n) is 14.5. The minimum absolute atomic E-state index is 0.0193. The van der Waals surface area contributed by atoms with Gasteiger partial charge in [0.25, 0.3) is 10.2 Å². The predicted octanol–water partition coefficient (Wildman–Crippen LogP) is 1.37. The van der Waals surface area contributed by atoms with E-state index in [0.29, 0.717) is 26.1 Å². The van der Waals surface area contributed by atoms with Gasteiger partial charge in [0.05, 0.1) is 7.11 Å². The summed E-state index contributed by atoms with van der Waals surface area (Å²) in [5, 5.41) is 0. The number of anilines is 1. The molecule has 1 atom stereocenters. The van der Waals surface area contributed by atoms with Crippen LogP contribution in [0.2, 0.25) is 0 Å². The minimum Gasteiger partial charge on any atom is -0.497 e. The Morgan fingerprint density at radius 2 is 1.84 bits per heavy atom. The van der Waals surface area contributed by atoms with Gasteiger partial charge in [-0.3, -0.25) is 4.79 Å². The molecule has 0 aliphatic carbocycles. The fourth-order valence-electron chi connectivity index (χ4n) is 3.35. The molecule has 0 bridgehead atoms. The van der Waals surface area contributed by atoms with E-state index in [1.165, 1.54) is 4.31 Å². The molecule has 25 heavy (non-hydrogen) atoms. The molecule has 1 aromatic rings. The van der Waals surface area contributed by atoms with Gasteiger partial charge in [0.15, 0.2) is 0 Å². The molecule has 1 amide bonds. The zero-order valence-corrected chi connectivity index (χ0v) is 15.3. The van der Waals surface area contributed by atoms with Crippen LogP contribution in [-0.2, 0) is 15.0 Å². The first kappa shape index (κ1) is 18.2. The Kier molecular flexibility index (Phi) is 5.61. The van der Waals surface area contributed by atoms with Crippen molar-refractivity contribution < 1.29 is 17.9 Å². The van der Waals surface area contributed by atoms with Crippen LogP contribution in [0.4, 0.5) is 5.69 Å². The number of ether oxygens (including phenoxy) is 1. The smallest absolute Gasteiger partial charge is 0.279 e. The van der Waals surface area contributed by atoms with Crippen molar-refractivity contribution in [3.05, 3.63) is 24.3 Å². The number of carbonyl (C=O) groups excluding carboxylic acids is 1. The molecule has 1 N–H and O–H groups in total. The van der Waals surface area contributed by atoms with E-state index in [1.54, 1.807) is 12.0 Å². The summed E-state index contributed by atoms with van der Waals surface area (Å²) in [5.41, 5.74) is 0.812. The number of amides is 1. The van der Waals surface area contributed by atoms with Gasteiger partial charge in [-0.2, -0.15) is 12.7 Å². The molecule has 1 unspecified atom stereocenters. The highest BCUT2D eigenvalue weighted by Gasteiger charge is 2.32. The molecule has 0 saturated carbocycles. The highest BCUT2D eigenvalue weighted by atomic mass is 32.2. The van der Waals surface area contributed by atoms with Crippen molar-refractivity contribution in [2.75, 3.05) is 38.2 Å². The van der Waals surface area contributed by atoms with E-state index in [4.69, 9.17) is 4.74 Å². The van der Waals surface area contributed by atoms with E-state index >= 15 is 0 Å². The quantitative estimate of drug-likeness (QED) is 0.824. The third kappa shape index (κ3) is 4.31. The van der Waals surface area contributed by atoms with Crippen LogP contribution in [0.3, 0.4) is 0 Å². The summed E-state index contributed by atoms with van der Waals surface area (Å²) in [7, 11) is -1.84. The standard InChI is InChI=1S/C17H25N3O4S/c1-24-16-7-5-15(6-8-16)20-13-14(11-17(20)21)12-18-25(22,23)19-9-3-2-4-10-19/h5-8,14,18H,2-4,9-13H2,1H3. The number of benzene rings is 1. The molecule has 2 saturated heterocycles. The molecule has 2 aliphatic heterocycles. The Morgan fingerprint density at radius 3 is 2.48 bits per heavy atom. The van der Waals surface area contributed by atoms with Gasteiger partial charge < -0.3 is 9.64 Å². The van der Waals surface area contributed by atoms with Crippen LogP contribution in [-0.4, -0.2) is 51.9 Å². The lowest BCUT2D eigenvalue weighted by Crippen LogP contribution is -2.45. The summed E-state index contributed by atoms with van der Waals surface area (Å²) < 4.78 is 34.0. The lowest BCUT2D eigenvalue weighted by atomic mass is 10.1. The molecule has 8 heteroatoms. The largest absolute Gasteiger partial charge is 0.497 e. The monoisotopic (exact) mass is 367 g/mol. The van der Waals surface area contributed by atoms with E-state index in [0.717, 1.165) is 30.7 Å². The highest BCUT2D eigenvalue weighted by Crippen LogP contribution is 2.26. The second kappa shape index (κ2) is 7.72. The van der Waals surface area contributed by atoms with Crippen LogP contribution < -0.4 is 14.4 Å². The van der Waals surface area contributed by atoms with Crippen LogP contribution in [0.5, 0.6) is 5.75 Å². The van der Waals surface area contributed by atoms with Crippen molar-refractivity contribution in [2.24, 2.45) is 5.92 Å². The van der Waals surface area contributed by atoms with Gasteiger partial charge >= 0.3 is 0 Å². The zero-order chi connectivity index (χ0) is 17.9. The normalized spacial score (nSPS) is 22.4. The molecule has 0 aromatic heterocycles. The molecular weight excluding hydrogens is 342 g/mol. The molecule has 2 heterocycles. The first-order valence-corrected chi connectivity index (χ1v) is 10.1. The summed E-state index contributed by atoms with van der Waals surface area (Å²) >= 11 is 0. The summed E-state index contributed by atoms with van der Waals surface area (Å²) in [4.78, 5) is 14.0. The SMILES string of the molecule is COc1ccc(N2CC(CNS(=O)(=O)N3CCCCC3)CC2=O)cc1. The third-order valence-corrected chi connectivity index (χ3v) is 6.38. The molecule has 0 radical (unpaired) electrons. The highest BCUT2D eigenvalue weighted by molar-refractivity contribution is 7.87. The van der Waals surface area contributed by atoms with Gasteiger partial charge in [0.1, 0.15) is 5.75 Å². The molecule has 0 spiro atoms. The summed E-state index contributed by atoms with van der Waals surface area (Å²) in [5.74, 6) is 0.739. The second-order valence-electron chi connectivity index (χ2n) is 6.59. The van der Waals surface area contributed by atoms with Gasteiger partial charge in [-0.05, 0) is 43.0 Å². The fraction of sp³-hybridized carbons (Fsp3) is 0.588. The van der Waals surface area contributed by atoms with Crippen molar-refractivity contribution in [1.29, 1.82) is 0 Å². The lowest BCUT2D eigenvalue weighted by molar-refractivity contribution is -0.117. The molecule has 2 aliphatic rings. The first-order chi connectivity index (χ1) is 12.0. The average Bonchev–Trinajstić information content (AvgIpc) is 3.02.